The van der Waals surface area contributed by atoms with Crippen LogP contribution in [0, 0.1) is 12.8 Å². The predicted molar refractivity (Wildman–Crippen MR) is 114 cm³/mol. The van der Waals surface area contributed by atoms with Gasteiger partial charge in [-0.15, -0.1) is 0 Å². The number of Topliss-reactive ketones (excluding diaryl/α,β-unsaturated/α-hetero) is 1. The molecule has 1 N–H and O–H groups in total. The lowest BCUT2D eigenvalue weighted by Gasteiger charge is -2.31. The molecule has 8 heteroatoms. The van der Waals surface area contributed by atoms with Crippen LogP contribution >= 0.6 is 0 Å². The Labute approximate surface area is 177 Å². The first kappa shape index (κ1) is 22.0. The number of methoxy groups -OCH3 is 1. The number of hydrogen-bond acceptors (Lipinski definition) is 5. The second-order valence-corrected chi connectivity index (χ2v) is 9.40. The molecular formula is C22H26N2O5S. The van der Waals surface area contributed by atoms with Crippen molar-refractivity contribution in [3.05, 3.63) is 53.6 Å². The Kier molecular flexibility index (Phi) is 6.58. The number of sulfonamides is 1. The minimum Gasteiger partial charge on any atom is -0.496 e. The lowest BCUT2D eigenvalue weighted by Crippen LogP contribution is -2.43. The fourth-order valence-corrected chi connectivity index (χ4v) is 5.20. The van der Waals surface area contributed by atoms with Gasteiger partial charge in [0.1, 0.15) is 5.75 Å². The summed E-state index contributed by atoms with van der Waals surface area (Å²) in [4.78, 5) is 24.5. The number of carbonyl (C=O) groups excluding carboxylic acids is 2. The Bertz CT molecular complexity index is 1060. The van der Waals surface area contributed by atoms with E-state index in [1.807, 2.05) is 0 Å². The van der Waals surface area contributed by atoms with Crippen LogP contribution in [0.15, 0.2) is 47.4 Å². The Balaban J connectivity index is 1.74. The zero-order valence-corrected chi connectivity index (χ0v) is 18.2. The first-order valence-electron chi connectivity index (χ1n) is 9.79. The summed E-state index contributed by atoms with van der Waals surface area (Å²) in [6, 6.07) is 11.5. The number of hydrogen-bond donors (Lipinski definition) is 1. The van der Waals surface area contributed by atoms with E-state index >= 15 is 0 Å². The molecule has 7 nitrogen and oxygen atoms in total. The van der Waals surface area contributed by atoms with Crippen molar-refractivity contribution in [2.75, 3.05) is 25.5 Å². The van der Waals surface area contributed by atoms with E-state index in [4.69, 9.17) is 4.74 Å². The van der Waals surface area contributed by atoms with Crippen molar-refractivity contribution in [1.82, 2.24) is 4.31 Å². The normalized spacial score (nSPS) is 17.4. The van der Waals surface area contributed by atoms with Gasteiger partial charge in [-0.25, -0.2) is 8.42 Å². The van der Waals surface area contributed by atoms with E-state index < -0.39 is 15.9 Å². The number of anilines is 1. The molecule has 30 heavy (non-hydrogen) atoms. The average molecular weight is 431 g/mol. The number of carbonyl (C=O) groups is 2. The van der Waals surface area contributed by atoms with Crippen LogP contribution in [0.4, 0.5) is 5.69 Å². The SMILES string of the molecule is COc1ccc(S(=O)(=O)N2CCC[C@@H](C(=O)Nc3cccc(C(C)=O)c3)C2)cc1C. The van der Waals surface area contributed by atoms with Gasteiger partial charge in [-0.05, 0) is 62.6 Å². The fraction of sp³-hybridized carbons (Fsp3) is 0.364. The molecule has 2 aromatic rings. The van der Waals surface area contributed by atoms with E-state index in [1.165, 1.54) is 24.4 Å². The molecule has 0 radical (unpaired) electrons. The number of ether oxygens (including phenoxy) is 1. The smallest absolute Gasteiger partial charge is 0.243 e. The van der Waals surface area contributed by atoms with E-state index in [-0.39, 0.29) is 23.1 Å². The highest BCUT2D eigenvalue weighted by Crippen LogP contribution is 2.28. The molecule has 1 aliphatic rings. The van der Waals surface area contributed by atoms with Gasteiger partial charge in [-0.2, -0.15) is 4.31 Å². The standard InChI is InChI=1S/C22H26N2O5S/c1-15-12-20(9-10-21(15)29-3)30(27,28)24-11-5-7-18(14-24)22(26)23-19-8-4-6-17(13-19)16(2)25/h4,6,8-10,12-13,18H,5,7,11,14H2,1-3H3,(H,23,26)/t18-/m1/s1. The topological polar surface area (TPSA) is 92.8 Å². The summed E-state index contributed by atoms with van der Waals surface area (Å²) < 4.78 is 32.8. The number of rotatable bonds is 6. The summed E-state index contributed by atoms with van der Waals surface area (Å²) in [5.74, 6) is -0.177. The first-order valence-corrected chi connectivity index (χ1v) is 11.2. The Morgan fingerprint density at radius 2 is 1.93 bits per heavy atom. The third-order valence-electron chi connectivity index (χ3n) is 5.30. The average Bonchev–Trinajstić information content (AvgIpc) is 2.74. The molecule has 3 rings (SSSR count). The molecule has 0 unspecified atom stereocenters. The summed E-state index contributed by atoms with van der Waals surface area (Å²) in [6.45, 7) is 3.74. The number of ketones is 1. The summed E-state index contributed by atoms with van der Waals surface area (Å²) in [6.07, 6.45) is 1.20. The summed E-state index contributed by atoms with van der Waals surface area (Å²) in [5.41, 5.74) is 1.77. The van der Waals surface area contributed by atoms with E-state index in [9.17, 15) is 18.0 Å². The Morgan fingerprint density at radius 1 is 1.17 bits per heavy atom. The molecule has 160 valence electrons. The maximum absolute atomic E-state index is 13.1. The van der Waals surface area contributed by atoms with E-state index in [2.05, 4.69) is 5.32 Å². The fourth-order valence-electron chi connectivity index (χ4n) is 3.60. The van der Waals surface area contributed by atoms with Crippen molar-refractivity contribution < 1.29 is 22.7 Å². The minimum atomic E-state index is -3.71. The van der Waals surface area contributed by atoms with Crippen LogP contribution in [0.2, 0.25) is 0 Å². The maximum atomic E-state index is 13.1. The highest BCUT2D eigenvalue weighted by molar-refractivity contribution is 7.89. The second-order valence-electron chi connectivity index (χ2n) is 7.46. The molecule has 0 aliphatic carbocycles. The van der Waals surface area contributed by atoms with Gasteiger partial charge >= 0.3 is 0 Å². The van der Waals surface area contributed by atoms with E-state index in [0.717, 1.165) is 5.56 Å². The first-order chi connectivity index (χ1) is 14.2. The van der Waals surface area contributed by atoms with Gasteiger partial charge in [0.05, 0.1) is 17.9 Å². The summed E-state index contributed by atoms with van der Waals surface area (Å²) in [5, 5.41) is 2.81. The van der Waals surface area contributed by atoms with Crippen molar-refractivity contribution in [1.29, 1.82) is 0 Å². The number of piperidine rings is 1. The van der Waals surface area contributed by atoms with Crippen LogP contribution in [0.3, 0.4) is 0 Å². The molecule has 0 aromatic heterocycles. The van der Waals surface area contributed by atoms with Gasteiger partial charge < -0.3 is 10.1 Å². The predicted octanol–water partition coefficient (Wildman–Crippen LogP) is 3.25. The number of aryl methyl sites for hydroxylation is 1. The zero-order valence-electron chi connectivity index (χ0n) is 17.3. The van der Waals surface area contributed by atoms with Gasteiger partial charge in [0.25, 0.3) is 0 Å². The molecule has 0 bridgehead atoms. The molecule has 0 saturated carbocycles. The van der Waals surface area contributed by atoms with Crippen LogP contribution in [-0.4, -0.2) is 44.6 Å². The molecule has 0 spiro atoms. The highest BCUT2D eigenvalue weighted by atomic mass is 32.2. The van der Waals surface area contributed by atoms with Gasteiger partial charge in [0.2, 0.25) is 15.9 Å². The Hall–Kier alpha value is -2.71. The zero-order chi connectivity index (χ0) is 21.9. The number of nitrogens with zero attached hydrogens (tertiary/aromatic N) is 1. The van der Waals surface area contributed by atoms with Crippen LogP contribution in [0.25, 0.3) is 0 Å². The number of amides is 1. The maximum Gasteiger partial charge on any atom is 0.243 e. The molecule has 1 fully saturated rings. The molecule has 2 aromatic carbocycles. The van der Waals surface area contributed by atoms with Gasteiger partial charge in [-0.3, -0.25) is 9.59 Å². The van der Waals surface area contributed by atoms with Crippen LogP contribution in [0.1, 0.15) is 35.7 Å². The van der Waals surface area contributed by atoms with Crippen molar-refractivity contribution in [3.8, 4) is 5.75 Å². The molecule has 1 atom stereocenters. The summed E-state index contributed by atoms with van der Waals surface area (Å²) in [7, 11) is -2.18. The summed E-state index contributed by atoms with van der Waals surface area (Å²) >= 11 is 0. The van der Waals surface area contributed by atoms with Crippen LogP contribution < -0.4 is 10.1 Å². The molecule has 1 amide bonds. The van der Waals surface area contributed by atoms with Gasteiger partial charge in [-0.1, -0.05) is 12.1 Å². The number of nitrogens with one attached hydrogen (secondary N) is 1. The molecular weight excluding hydrogens is 404 g/mol. The lowest BCUT2D eigenvalue weighted by atomic mass is 9.98. The quantitative estimate of drug-likeness (QED) is 0.710. The second kappa shape index (κ2) is 8.97. The third-order valence-corrected chi connectivity index (χ3v) is 7.16. The minimum absolute atomic E-state index is 0.0872. The van der Waals surface area contributed by atoms with Crippen molar-refractivity contribution >= 4 is 27.4 Å². The lowest BCUT2D eigenvalue weighted by molar-refractivity contribution is -0.120. The van der Waals surface area contributed by atoms with E-state index in [0.29, 0.717) is 36.4 Å². The van der Waals surface area contributed by atoms with E-state index in [1.54, 1.807) is 43.3 Å². The Morgan fingerprint density at radius 3 is 2.60 bits per heavy atom. The van der Waals surface area contributed by atoms with Crippen molar-refractivity contribution in [2.24, 2.45) is 5.92 Å². The number of benzene rings is 2. The highest BCUT2D eigenvalue weighted by Gasteiger charge is 2.33. The monoisotopic (exact) mass is 430 g/mol. The molecule has 1 saturated heterocycles. The van der Waals surface area contributed by atoms with Crippen LogP contribution in [0.5, 0.6) is 5.75 Å². The largest absolute Gasteiger partial charge is 0.496 e. The third kappa shape index (κ3) is 4.71. The molecule has 1 aliphatic heterocycles. The van der Waals surface area contributed by atoms with Crippen molar-refractivity contribution in [2.45, 2.75) is 31.6 Å². The van der Waals surface area contributed by atoms with Crippen molar-refractivity contribution in [3.63, 3.8) is 0 Å². The van der Waals surface area contributed by atoms with Gasteiger partial charge in [0, 0.05) is 24.3 Å². The molecule has 1 heterocycles. The van der Waals surface area contributed by atoms with Gasteiger partial charge in [0.15, 0.2) is 5.78 Å². The van der Waals surface area contributed by atoms with Crippen LogP contribution in [-0.2, 0) is 14.8 Å².